The molecule has 1 heterocycles. The molecule has 0 aliphatic carbocycles. The van der Waals surface area contributed by atoms with E-state index in [-0.39, 0.29) is 33.9 Å². The summed E-state index contributed by atoms with van der Waals surface area (Å²) in [6, 6.07) is 12.3. The lowest BCUT2D eigenvalue weighted by Gasteiger charge is -2.21. The molecular formula is C23H28ClN3O4S. The fourth-order valence-corrected chi connectivity index (χ4v) is 5.61. The second-order valence-electron chi connectivity index (χ2n) is 8.25. The normalized spacial score (nSPS) is 15.5. The van der Waals surface area contributed by atoms with Gasteiger partial charge in [-0.2, -0.15) is 4.31 Å². The van der Waals surface area contributed by atoms with Gasteiger partial charge in [0.15, 0.2) is 0 Å². The Morgan fingerprint density at radius 1 is 1.06 bits per heavy atom. The minimum atomic E-state index is -3.75. The van der Waals surface area contributed by atoms with E-state index in [0.717, 1.165) is 12.8 Å². The van der Waals surface area contributed by atoms with Crippen LogP contribution < -0.4 is 10.6 Å². The first kappa shape index (κ1) is 24.2. The van der Waals surface area contributed by atoms with Gasteiger partial charge in [-0.05, 0) is 42.5 Å². The summed E-state index contributed by atoms with van der Waals surface area (Å²) in [4.78, 5) is 25.5. The van der Waals surface area contributed by atoms with Gasteiger partial charge in [-0.25, -0.2) is 8.42 Å². The first-order valence-corrected chi connectivity index (χ1v) is 12.4. The van der Waals surface area contributed by atoms with Crippen LogP contribution >= 0.6 is 11.6 Å². The second kappa shape index (κ2) is 10.5. The number of hydrogen-bond acceptors (Lipinski definition) is 4. The third-order valence-corrected chi connectivity index (χ3v) is 7.56. The number of nitrogens with one attached hydrogen (secondary N) is 2. The van der Waals surface area contributed by atoms with Gasteiger partial charge in [-0.3, -0.25) is 9.59 Å². The van der Waals surface area contributed by atoms with Crippen molar-refractivity contribution in [2.24, 2.45) is 5.92 Å². The van der Waals surface area contributed by atoms with E-state index in [1.54, 1.807) is 30.3 Å². The standard InChI is InChI=1S/C23H28ClN3O4S/c1-16(2)14-21(28)26-22(17-8-4-3-5-9-17)23(29)25-18-10-11-19(24)20(15-18)32(30,31)27-12-6-7-13-27/h3-5,8-11,15-16,22H,6-7,12-14H2,1-2H3,(H,25,29)(H,26,28). The first-order valence-electron chi connectivity index (χ1n) is 10.6. The van der Waals surface area contributed by atoms with E-state index in [2.05, 4.69) is 10.6 Å². The molecular weight excluding hydrogens is 450 g/mol. The molecule has 7 nitrogen and oxygen atoms in total. The van der Waals surface area contributed by atoms with Crippen molar-refractivity contribution in [2.45, 2.75) is 44.0 Å². The monoisotopic (exact) mass is 477 g/mol. The quantitative estimate of drug-likeness (QED) is 0.601. The van der Waals surface area contributed by atoms with Crippen LogP contribution in [0.15, 0.2) is 53.4 Å². The second-order valence-corrected chi connectivity index (χ2v) is 10.6. The first-order chi connectivity index (χ1) is 15.2. The van der Waals surface area contributed by atoms with Crippen molar-refractivity contribution >= 4 is 39.1 Å². The van der Waals surface area contributed by atoms with E-state index in [0.29, 0.717) is 18.7 Å². The fraction of sp³-hybridized carbons (Fsp3) is 0.391. The number of carbonyl (C=O) groups is 2. The van der Waals surface area contributed by atoms with Gasteiger partial charge in [-0.1, -0.05) is 55.8 Å². The van der Waals surface area contributed by atoms with E-state index < -0.39 is 22.0 Å². The molecule has 0 radical (unpaired) electrons. The Balaban J connectivity index is 1.85. The van der Waals surface area contributed by atoms with Crippen molar-refractivity contribution < 1.29 is 18.0 Å². The molecule has 32 heavy (non-hydrogen) atoms. The lowest BCUT2D eigenvalue weighted by atomic mass is 10.0. The Kier molecular flexibility index (Phi) is 7.92. The Morgan fingerprint density at radius 2 is 1.72 bits per heavy atom. The Morgan fingerprint density at radius 3 is 2.34 bits per heavy atom. The van der Waals surface area contributed by atoms with Crippen molar-refractivity contribution in [3.8, 4) is 0 Å². The smallest absolute Gasteiger partial charge is 0.251 e. The van der Waals surface area contributed by atoms with Crippen molar-refractivity contribution in [2.75, 3.05) is 18.4 Å². The molecule has 2 aromatic carbocycles. The summed E-state index contributed by atoms with van der Waals surface area (Å²) >= 11 is 6.20. The summed E-state index contributed by atoms with van der Waals surface area (Å²) in [7, 11) is -3.75. The third-order valence-electron chi connectivity index (χ3n) is 5.18. The van der Waals surface area contributed by atoms with Gasteiger partial charge >= 0.3 is 0 Å². The summed E-state index contributed by atoms with van der Waals surface area (Å²) in [6.45, 7) is 4.75. The number of anilines is 1. The van der Waals surface area contributed by atoms with Crippen LogP contribution in [0.1, 0.15) is 44.7 Å². The molecule has 2 amide bonds. The molecule has 1 aliphatic rings. The molecule has 0 bridgehead atoms. The highest BCUT2D eigenvalue weighted by Gasteiger charge is 2.30. The molecule has 2 aromatic rings. The topological polar surface area (TPSA) is 95.6 Å². The maximum atomic E-state index is 13.1. The molecule has 0 saturated carbocycles. The maximum Gasteiger partial charge on any atom is 0.251 e. The van der Waals surface area contributed by atoms with E-state index in [4.69, 9.17) is 11.6 Å². The highest BCUT2D eigenvalue weighted by Crippen LogP contribution is 2.30. The minimum Gasteiger partial charge on any atom is -0.341 e. The fourth-order valence-electron chi connectivity index (χ4n) is 3.60. The number of hydrogen-bond donors (Lipinski definition) is 2. The number of amides is 2. The lowest BCUT2D eigenvalue weighted by Crippen LogP contribution is -2.37. The molecule has 172 valence electrons. The number of halogens is 1. The number of carbonyl (C=O) groups excluding carboxylic acids is 2. The Bertz CT molecular complexity index is 1070. The average Bonchev–Trinajstić information content (AvgIpc) is 3.29. The Hall–Kier alpha value is -2.42. The lowest BCUT2D eigenvalue weighted by molar-refractivity contribution is -0.127. The molecule has 1 atom stereocenters. The molecule has 9 heteroatoms. The molecule has 1 unspecified atom stereocenters. The number of nitrogens with zero attached hydrogens (tertiary/aromatic N) is 1. The summed E-state index contributed by atoms with van der Waals surface area (Å²) in [5.74, 6) is -0.568. The van der Waals surface area contributed by atoms with Crippen LogP contribution in [-0.2, 0) is 19.6 Å². The van der Waals surface area contributed by atoms with E-state index in [1.165, 1.54) is 16.4 Å². The third kappa shape index (κ3) is 5.88. The predicted octanol–water partition coefficient (Wildman–Crippen LogP) is 3.97. The summed E-state index contributed by atoms with van der Waals surface area (Å²) in [5, 5.41) is 5.61. The number of sulfonamides is 1. The molecule has 3 rings (SSSR count). The highest BCUT2D eigenvalue weighted by atomic mass is 35.5. The SMILES string of the molecule is CC(C)CC(=O)NC(C(=O)Nc1ccc(Cl)c(S(=O)(=O)N2CCCC2)c1)c1ccccc1. The number of benzene rings is 2. The molecule has 0 aromatic heterocycles. The van der Waals surface area contributed by atoms with Crippen molar-refractivity contribution in [3.63, 3.8) is 0 Å². The maximum absolute atomic E-state index is 13.1. The van der Waals surface area contributed by atoms with Crippen LogP contribution in [0.4, 0.5) is 5.69 Å². The van der Waals surface area contributed by atoms with Crippen LogP contribution in [-0.4, -0.2) is 37.6 Å². The zero-order chi connectivity index (χ0) is 23.3. The van der Waals surface area contributed by atoms with Gasteiger partial charge in [0, 0.05) is 25.2 Å². The molecule has 1 saturated heterocycles. The largest absolute Gasteiger partial charge is 0.341 e. The predicted molar refractivity (Wildman–Crippen MR) is 125 cm³/mol. The van der Waals surface area contributed by atoms with Gasteiger partial charge in [0.2, 0.25) is 15.9 Å². The molecule has 1 aliphatic heterocycles. The van der Waals surface area contributed by atoms with E-state index in [1.807, 2.05) is 19.9 Å². The van der Waals surface area contributed by atoms with E-state index >= 15 is 0 Å². The van der Waals surface area contributed by atoms with Gasteiger partial charge in [0.25, 0.3) is 5.91 Å². The highest BCUT2D eigenvalue weighted by molar-refractivity contribution is 7.89. The van der Waals surface area contributed by atoms with Gasteiger partial charge in [0.1, 0.15) is 10.9 Å². The molecule has 2 N–H and O–H groups in total. The zero-order valence-corrected chi connectivity index (χ0v) is 19.7. The van der Waals surface area contributed by atoms with Crippen molar-refractivity contribution in [3.05, 3.63) is 59.1 Å². The van der Waals surface area contributed by atoms with Gasteiger partial charge in [0.05, 0.1) is 5.02 Å². The zero-order valence-electron chi connectivity index (χ0n) is 18.2. The molecule has 0 spiro atoms. The Labute approximate surface area is 194 Å². The van der Waals surface area contributed by atoms with Crippen LogP contribution in [0.5, 0.6) is 0 Å². The van der Waals surface area contributed by atoms with Crippen LogP contribution in [0.3, 0.4) is 0 Å². The summed E-state index contributed by atoms with van der Waals surface area (Å²) in [5.41, 5.74) is 0.914. The summed E-state index contributed by atoms with van der Waals surface area (Å²) in [6.07, 6.45) is 1.90. The molecule has 1 fully saturated rings. The summed E-state index contributed by atoms with van der Waals surface area (Å²) < 4.78 is 27.3. The van der Waals surface area contributed by atoms with E-state index in [9.17, 15) is 18.0 Å². The minimum absolute atomic E-state index is 0.0426. The van der Waals surface area contributed by atoms with Crippen molar-refractivity contribution in [1.29, 1.82) is 0 Å². The van der Waals surface area contributed by atoms with Gasteiger partial charge in [-0.15, -0.1) is 0 Å². The van der Waals surface area contributed by atoms with Crippen LogP contribution in [0, 0.1) is 5.92 Å². The average molecular weight is 478 g/mol. The number of rotatable bonds is 8. The van der Waals surface area contributed by atoms with Gasteiger partial charge < -0.3 is 10.6 Å². The van der Waals surface area contributed by atoms with Crippen molar-refractivity contribution in [1.82, 2.24) is 9.62 Å². The van der Waals surface area contributed by atoms with Crippen LogP contribution in [0.2, 0.25) is 5.02 Å². The van der Waals surface area contributed by atoms with Crippen LogP contribution in [0.25, 0.3) is 0 Å².